The van der Waals surface area contributed by atoms with Gasteiger partial charge in [0.1, 0.15) is 11.1 Å². The van der Waals surface area contributed by atoms with Gasteiger partial charge < -0.3 is 14.9 Å². The lowest BCUT2D eigenvalue weighted by molar-refractivity contribution is -0.109. The van der Waals surface area contributed by atoms with E-state index in [0.29, 0.717) is 5.56 Å². The number of aliphatic hydroxyl groups excluding tert-OH is 2. The number of hydrogen-bond donors (Lipinski definition) is 2. The fraction of sp³-hybridized carbons (Fsp3) is 0.455. The Morgan fingerprint density at radius 1 is 1.61 bits per heavy atom. The van der Waals surface area contributed by atoms with Crippen LogP contribution in [0.1, 0.15) is 18.6 Å². The van der Waals surface area contributed by atoms with Gasteiger partial charge >= 0.3 is 0 Å². The molecule has 0 radical (unpaired) electrons. The van der Waals surface area contributed by atoms with Gasteiger partial charge in [-0.1, -0.05) is 23.4 Å². The molecule has 0 aliphatic rings. The number of methoxy groups -OCH3 is 1. The summed E-state index contributed by atoms with van der Waals surface area (Å²) in [6.07, 6.45) is -0.838. The highest BCUT2D eigenvalue weighted by Gasteiger charge is 2.20. The molecule has 0 aliphatic heterocycles. The number of hydrogen-bond acceptors (Lipinski definition) is 6. The van der Waals surface area contributed by atoms with Crippen LogP contribution in [0.15, 0.2) is 12.3 Å². The molecule has 5 nitrogen and oxygen atoms in total. The van der Waals surface area contributed by atoms with E-state index >= 15 is 0 Å². The Labute approximate surface area is 114 Å². The van der Waals surface area contributed by atoms with Crippen molar-refractivity contribution in [2.24, 2.45) is 0 Å². The molecule has 7 heteroatoms. The van der Waals surface area contributed by atoms with Crippen LogP contribution in [0.2, 0.25) is 5.02 Å². The zero-order chi connectivity index (χ0) is 13.7. The molecule has 0 aromatic carbocycles. The predicted molar refractivity (Wildman–Crippen MR) is 69.9 cm³/mol. The summed E-state index contributed by atoms with van der Waals surface area (Å²) in [5.74, 6) is 0.361. The second kappa shape index (κ2) is 6.94. The van der Waals surface area contributed by atoms with E-state index in [1.54, 1.807) is 0 Å². The molecule has 0 bridgehead atoms. The average Bonchev–Trinajstić information content (AvgIpc) is 2.34. The van der Waals surface area contributed by atoms with Gasteiger partial charge in [-0.25, -0.2) is 4.98 Å². The molecular formula is C11H14ClNO4S. The third-order valence-corrected chi connectivity index (χ3v) is 3.37. The van der Waals surface area contributed by atoms with E-state index in [0.717, 1.165) is 11.8 Å². The number of halogens is 1. The van der Waals surface area contributed by atoms with Crippen LogP contribution in [-0.4, -0.2) is 39.3 Å². The van der Waals surface area contributed by atoms with E-state index < -0.39 is 12.2 Å². The van der Waals surface area contributed by atoms with E-state index in [1.165, 1.54) is 26.3 Å². The van der Waals surface area contributed by atoms with Crippen LogP contribution in [-0.2, 0) is 4.79 Å². The summed E-state index contributed by atoms with van der Waals surface area (Å²) in [5, 5.41) is 19.7. The van der Waals surface area contributed by atoms with Crippen LogP contribution in [0.5, 0.6) is 5.88 Å². The quantitative estimate of drug-likeness (QED) is 0.854. The van der Waals surface area contributed by atoms with Crippen molar-refractivity contribution < 1.29 is 19.7 Å². The van der Waals surface area contributed by atoms with Crippen molar-refractivity contribution in [1.29, 1.82) is 0 Å². The SMILES string of the molecule is COc1ncc(C(O)C(O)CSC(C)=O)cc1Cl. The van der Waals surface area contributed by atoms with Crippen molar-refractivity contribution >= 4 is 28.5 Å². The fourth-order valence-electron chi connectivity index (χ4n) is 1.27. The van der Waals surface area contributed by atoms with E-state index in [4.69, 9.17) is 16.3 Å². The molecule has 1 aromatic rings. The van der Waals surface area contributed by atoms with Crippen LogP contribution in [0.3, 0.4) is 0 Å². The minimum atomic E-state index is -1.15. The number of ether oxygens (including phenoxy) is 1. The summed E-state index contributed by atoms with van der Waals surface area (Å²) in [7, 11) is 1.43. The standard InChI is InChI=1S/C11H14ClNO4S/c1-6(14)18-5-9(15)10(16)7-3-8(12)11(17-2)13-4-7/h3-4,9-10,15-16H,5H2,1-2H3. The Bertz CT molecular complexity index is 430. The zero-order valence-electron chi connectivity index (χ0n) is 9.96. The van der Waals surface area contributed by atoms with Gasteiger partial charge in [-0.2, -0.15) is 0 Å². The monoisotopic (exact) mass is 291 g/mol. The first-order valence-electron chi connectivity index (χ1n) is 5.14. The molecule has 0 aliphatic carbocycles. The second-order valence-electron chi connectivity index (χ2n) is 3.57. The summed E-state index contributed by atoms with van der Waals surface area (Å²) >= 11 is 6.81. The maximum Gasteiger partial charge on any atom is 0.232 e. The van der Waals surface area contributed by atoms with Gasteiger partial charge in [0.15, 0.2) is 5.12 Å². The summed E-state index contributed by atoms with van der Waals surface area (Å²) in [6.45, 7) is 1.40. The van der Waals surface area contributed by atoms with Crippen molar-refractivity contribution in [2.75, 3.05) is 12.9 Å². The van der Waals surface area contributed by atoms with Gasteiger partial charge in [-0.3, -0.25) is 4.79 Å². The number of nitrogens with zero attached hydrogens (tertiary/aromatic N) is 1. The van der Waals surface area contributed by atoms with Crippen molar-refractivity contribution in [3.8, 4) is 5.88 Å². The van der Waals surface area contributed by atoms with Gasteiger partial charge in [0, 0.05) is 24.4 Å². The molecule has 0 spiro atoms. The van der Waals surface area contributed by atoms with Crippen molar-refractivity contribution in [2.45, 2.75) is 19.1 Å². The summed E-state index contributed by atoms with van der Waals surface area (Å²) in [4.78, 5) is 14.7. The Hall–Kier alpha value is -0.820. The molecule has 0 amide bonds. The van der Waals surface area contributed by atoms with Crippen molar-refractivity contribution in [3.63, 3.8) is 0 Å². The number of aromatic nitrogens is 1. The number of thioether (sulfide) groups is 1. The highest BCUT2D eigenvalue weighted by molar-refractivity contribution is 8.13. The normalized spacial score (nSPS) is 14.1. The van der Waals surface area contributed by atoms with Crippen LogP contribution >= 0.6 is 23.4 Å². The smallest absolute Gasteiger partial charge is 0.232 e. The Morgan fingerprint density at radius 3 is 2.78 bits per heavy atom. The Kier molecular flexibility index (Phi) is 5.87. The Morgan fingerprint density at radius 2 is 2.28 bits per heavy atom. The zero-order valence-corrected chi connectivity index (χ0v) is 11.5. The van der Waals surface area contributed by atoms with Gasteiger partial charge in [0.25, 0.3) is 0 Å². The van der Waals surface area contributed by atoms with Gasteiger partial charge in [0.05, 0.1) is 13.2 Å². The lowest BCUT2D eigenvalue weighted by Gasteiger charge is -2.17. The molecule has 2 atom stereocenters. The molecule has 1 heterocycles. The van der Waals surface area contributed by atoms with Crippen LogP contribution in [0, 0.1) is 0 Å². The maximum absolute atomic E-state index is 10.8. The van der Waals surface area contributed by atoms with Crippen LogP contribution in [0.25, 0.3) is 0 Å². The topological polar surface area (TPSA) is 79.7 Å². The van der Waals surface area contributed by atoms with E-state index in [-0.39, 0.29) is 21.8 Å². The first-order valence-corrected chi connectivity index (χ1v) is 6.51. The average molecular weight is 292 g/mol. The molecule has 2 unspecified atom stereocenters. The van der Waals surface area contributed by atoms with Crippen molar-refractivity contribution in [1.82, 2.24) is 4.98 Å². The lowest BCUT2D eigenvalue weighted by atomic mass is 10.1. The maximum atomic E-state index is 10.8. The fourth-order valence-corrected chi connectivity index (χ4v) is 2.11. The molecule has 0 fully saturated rings. The minimum Gasteiger partial charge on any atom is -0.480 e. The summed E-state index contributed by atoms with van der Waals surface area (Å²) in [6, 6.07) is 1.47. The number of rotatable bonds is 5. The minimum absolute atomic E-state index is 0.111. The summed E-state index contributed by atoms with van der Waals surface area (Å²) < 4.78 is 4.88. The van der Waals surface area contributed by atoms with Crippen LogP contribution in [0.4, 0.5) is 0 Å². The molecular weight excluding hydrogens is 278 g/mol. The second-order valence-corrected chi connectivity index (χ2v) is 5.18. The Balaban J connectivity index is 2.74. The molecule has 0 saturated carbocycles. The highest BCUT2D eigenvalue weighted by atomic mass is 35.5. The highest BCUT2D eigenvalue weighted by Crippen LogP contribution is 2.27. The van der Waals surface area contributed by atoms with E-state index in [9.17, 15) is 15.0 Å². The molecule has 100 valence electrons. The first-order chi connectivity index (χ1) is 8.45. The molecule has 1 rings (SSSR count). The van der Waals surface area contributed by atoms with Crippen LogP contribution < -0.4 is 4.74 Å². The number of pyridine rings is 1. The molecule has 1 aromatic heterocycles. The van der Waals surface area contributed by atoms with Gasteiger partial charge in [-0.05, 0) is 6.07 Å². The third-order valence-electron chi connectivity index (χ3n) is 2.19. The van der Waals surface area contributed by atoms with E-state index in [2.05, 4.69) is 4.98 Å². The number of carbonyl (C=O) groups excluding carboxylic acids is 1. The van der Waals surface area contributed by atoms with E-state index in [1.807, 2.05) is 0 Å². The largest absolute Gasteiger partial charge is 0.480 e. The summed E-state index contributed by atoms with van der Waals surface area (Å²) in [5.41, 5.74) is 0.373. The van der Waals surface area contributed by atoms with Gasteiger partial charge in [0.2, 0.25) is 5.88 Å². The third kappa shape index (κ3) is 4.13. The van der Waals surface area contributed by atoms with Crippen molar-refractivity contribution in [3.05, 3.63) is 22.8 Å². The first kappa shape index (κ1) is 15.2. The lowest BCUT2D eigenvalue weighted by Crippen LogP contribution is -2.21. The predicted octanol–water partition coefficient (Wildman–Crippen LogP) is 1.42. The molecule has 0 saturated heterocycles. The number of carbonyl (C=O) groups is 1. The van der Waals surface area contributed by atoms with Gasteiger partial charge in [-0.15, -0.1) is 0 Å². The molecule has 18 heavy (non-hydrogen) atoms. The molecule has 2 N–H and O–H groups in total. The number of aliphatic hydroxyl groups is 2.